The molecule has 1 saturated carbocycles. The highest BCUT2D eigenvalue weighted by Crippen LogP contribution is 2.22. The van der Waals surface area contributed by atoms with E-state index in [1.807, 2.05) is 6.07 Å². The van der Waals surface area contributed by atoms with Gasteiger partial charge in [-0.2, -0.15) is 10.1 Å². The number of aliphatic hydroxyl groups is 1. The zero-order valence-corrected chi connectivity index (χ0v) is 15.0. The summed E-state index contributed by atoms with van der Waals surface area (Å²) < 4.78 is 6.48. The zero-order valence-electron chi connectivity index (χ0n) is 15.0. The van der Waals surface area contributed by atoms with Crippen LogP contribution in [0.25, 0.3) is 16.7 Å². The highest BCUT2D eigenvalue weighted by atomic mass is 16.5. The lowest BCUT2D eigenvalue weighted by Crippen LogP contribution is -2.29. The number of carbonyl (C=O) groups excluding carboxylic acids is 1. The van der Waals surface area contributed by atoms with Gasteiger partial charge in [0.05, 0.1) is 30.5 Å². The molecule has 1 aliphatic rings. The van der Waals surface area contributed by atoms with Crippen molar-refractivity contribution in [1.82, 2.24) is 19.7 Å². The van der Waals surface area contributed by atoms with Crippen LogP contribution in [0.3, 0.4) is 0 Å². The molecule has 2 aromatic heterocycles. The predicted octanol–water partition coefficient (Wildman–Crippen LogP) is 2.32. The third kappa shape index (κ3) is 3.61. The first-order valence-electron chi connectivity index (χ1n) is 8.98. The van der Waals surface area contributed by atoms with E-state index in [-0.39, 0.29) is 12.1 Å². The number of carbonyl (C=O) groups is 1. The highest BCUT2D eigenvalue weighted by molar-refractivity contribution is 5.94. The number of fused-ring (bicyclic) bond motifs is 1. The highest BCUT2D eigenvalue weighted by Gasteiger charge is 2.20. The zero-order chi connectivity index (χ0) is 18.8. The molecule has 8 heteroatoms. The van der Waals surface area contributed by atoms with Crippen LogP contribution in [0.5, 0.6) is 0 Å². The van der Waals surface area contributed by atoms with Gasteiger partial charge in [0.1, 0.15) is 0 Å². The van der Waals surface area contributed by atoms with Gasteiger partial charge >= 0.3 is 5.97 Å². The van der Waals surface area contributed by atoms with E-state index in [9.17, 15) is 9.90 Å². The number of aromatic nitrogens is 4. The number of aliphatic hydroxyl groups excluding tert-OH is 1. The molecular formula is C19H21N5O3. The fourth-order valence-electron chi connectivity index (χ4n) is 3.39. The average Bonchev–Trinajstić information content (AvgIpc) is 3.12. The molecule has 1 aromatic carbocycles. The predicted molar refractivity (Wildman–Crippen MR) is 99.9 cm³/mol. The molecule has 0 radical (unpaired) electrons. The molecule has 1 fully saturated rings. The normalized spacial score (nSPS) is 19.8. The van der Waals surface area contributed by atoms with Crippen LogP contribution >= 0.6 is 0 Å². The Morgan fingerprint density at radius 1 is 1.26 bits per heavy atom. The van der Waals surface area contributed by atoms with Gasteiger partial charge in [-0.05, 0) is 37.8 Å². The molecule has 2 heterocycles. The van der Waals surface area contributed by atoms with Crippen molar-refractivity contribution < 1.29 is 14.6 Å². The maximum absolute atomic E-state index is 11.8. The summed E-state index contributed by atoms with van der Waals surface area (Å²) in [5.74, 6) is 0.746. The molecule has 0 amide bonds. The minimum Gasteiger partial charge on any atom is -0.465 e. The largest absolute Gasteiger partial charge is 0.465 e. The van der Waals surface area contributed by atoms with Crippen molar-refractivity contribution in [3.8, 4) is 5.82 Å². The number of nitrogens with one attached hydrogen (secondary N) is 1. The molecule has 4 rings (SSSR count). The van der Waals surface area contributed by atoms with E-state index < -0.39 is 5.97 Å². The summed E-state index contributed by atoms with van der Waals surface area (Å²) in [6.45, 7) is 0. The van der Waals surface area contributed by atoms with E-state index in [1.54, 1.807) is 35.3 Å². The number of nitrogens with zero attached hydrogens (tertiary/aromatic N) is 4. The number of rotatable bonds is 4. The van der Waals surface area contributed by atoms with Crippen molar-refractivity contribution in [2.75, 3.05) is 12.4 Å². The standard InChI is InChI=1S/C19H21N5O3/c1-27-18(26)12-2-3-13-11-21-24(16(13)10-12)17-8-9-20-19(23-17)22-14-4-6-15(25)7-5-14/h2-3,8-11,14-15,25H,4-7H2,1H3,(H,20,22,23)/t14-,15-. The molecule has 0 bridgehead atoms. The van der Waals surface area contributed by atoms with E-state index in [2.05, 4.69) is 20.4 Å². The maximum Gasteiger partial charge on any atom is 0.337 e. The second-order valence-corrected chi connectivity index (χ2v) is 6.71. The Morgan fingerprint density at radius 3 is 2.85 bits per heavy atom. The second-order valence-electron chi connectivity index (χ2n) is 6.71. The van der Waals surface area contributed by atoms with Crippen LogP contribution in [0.4, 0.5) is 5.95 Å². The molecular weight excluding hydrogens is 346 g/mol. The lowest BCUT2D eigenvalue weighted by molar-refractivity contribution is 0.0601. The fraction of sp³-hybridized carbons (Fsp3) is 0.368. The van der Waals surface area contributed by atoms with Crippen LogP contribution in [0.1, 0.15) is 36.0 Å². The summed E-state index contributed by atoms with van der Waals surface area (Å²) in [5, 5.41) is 18.3. The van der Waals surface area contributed by atoms with E-state index in [4.69, 9.17) is 4.74 Å². The molecule has 0 atom stereocenters. The molecule has 27 heavy (non-hydrogen) atoms. The van der Waals surface area contributed by atoms with Crippen molar-refractivity contribution in [1.29, 1.82) is 0 Å². The van der Waals surface area contributed by atoms with Gasteiger partial charge in [0.25, 0.3) is 0 Å². The SMILES string of the molecule is COC(=O)c1ccc2cnn(-c3ccnc(N[C@H]4CC[C@H](O)CC4)n3)c2c1. The van der Waals surface area contributed by atoms with Gasteiger partial charge in [-0.3, -0.25) is 0 Å². The number of esters is 1. The van der Waals surface area contributed by atoms with Crippen LogP contribution in [0, 0.1) is 0 Å². The monoisotopic (exact) mass is 367 g/mol. The summed E-state index contributed by atoms with van der Waals surface area (Å²) in [6.07, 6.45) is 6.57. The van der Waals surface area contributed by atoms with Gasteiger partial charge in [0, 0.05) is 23.7 Å². The minimum absolute atomic E-state index is 0.199. The van der Waals surface area contributed by atoms with Crippen LogP contribution in [-0.2, 0) is 4.74 Å². The van der Waals surface area contributed by atoms with Gasteiger partial charge in [-0.25, -0.2) is 14.5 Å². The number of anilines is 1. The van der Waals surface area contributed by atoms with Gasteiger partial charge in [0.15, 0.2) is 5.82 Å². The number of methoxy groups -OCH3 is 1. The Balaban J connectivity index is 1.62. The van der Waals surface area contributed by atoms with Crippen LogP contribution in [0.2, 0.25) is 0 Å². The average molecular weight is 367 g/mol. The van der Waals surface area contributed by atoms with Crippen molar-refractivity contribution in [3.05, 3.63) is 42.2 Å². The van der Waals surface area contributed by atoms with Crippen LogP contribution in [0.15, 0.2) is 36.7 Å². The van der Waals surface area contributed by atoms with E-state index >= 15 is 0 Å². The number of ether oxygens (including phenoxy) is 1. The van der Waals surface area contributed by atoms with Crippen molar-refractivity contribution >= 4 is 22.8 Å². The molecule has 0 aliphatic heterocycles. The minimum atomic E-state index is -0.394. The fourth-order valence-corrected chi connectivity index (χ4v) is 3.39. The van der Waals surface area contributed by atoms with Crippen molar-refractivity contribution in [3.63, 3.8) is 0 Å². The Morgan fingerprint density at radius 2 is 2.07 bits per heavy atom. The Bertz CT molecular complexity index is 963. The van der Waals surface area contributed by atoms with Crippen molar-refractivity contribution in [2.24, 2.45) is 0 Å². The van der Waals surface area contributed by atoms with Crippen LogP contribution < -0.4 is 5.32 Å². The first-order chi connectivity index (χ1) is 13.1. The third-order valence-corrected chi connectivity index (χ3v) is 4.88. The summed E-state index contributed by atoms with van der Waals surface area (Å²) in [4.78, 5) is 20.7. The number of benzene rings is 1. The first kappa shape index (κ1) is 17.4. The van der Waals surface area contributed by atoms with Gasteiger partial charge < -0.3 is 15.2 Å². The maximum atomic E-state index is 11.8. The molecule has 0 spiro atoms. The molecule has 1 aliphatic carbocycles. The van der Waals surface area contributed by atoms with E-state index in [0.717, 1.165) is 36.6 Å². The lowest BCUT2D eigenvalue weighted by Gasteiger charge is -2.26. The quantitative estimate of drug-likeness (QED) is 0.682. The molecule has 2 N–H and O–H groups in total. The van der Waals surface area contributed by atoms with Gasteiger partial charge in [-0.1, -0.05) is 6.07 Å². The Hall–Kier alpha value is -3.00. The summed E-state index contributed by atoms with van der Waals surface area (Å²) in [5.41, 5.74) is 1.23. The molecule has 8 nitrogen and oxygen atoms in total. The molecule has 3 aromatic rings. The molecule has 140 valence electrons. The topological polar surface area (TPSA) is 102 Å². The number of hydrogen-bond acceptors (Lipinski definition) is 7. The van der Waals surface area contributed by atoms with Crippen LogP contribution in [-0.4, -0.2) is 50.1 Å². The Kier molecular flexibility index (Phi) is 4.72. The Labute approximate surface area is 156 Å². The summed E-state index contributed by atoms with van der Waals surface area (Å²) >= 11 is 0. The van der Waals surface area contributed by atoms with Gasteiger partial charge in [-0.15, -0.1) is 0 Å². The molecule has 0 saturated heterocycles. The summed E-state index contributed by atoms with van der Waals surface area (Å²) in [7, 11) is 1.36. The third-order valence-electron chi connectivity index (χ3n) is 4.88. The first-order valence-corrected chi connectivity index (χ1v) is 8.98. The van der Waals surface area contributed by atoms with E-state index in [1.165, 1.54) is 7.11 Å². The van der Waals surface area contributed by atoms with Crippen molar-refractivity contribution in [2.45, 2.75) is 37.8 Å². The lowest BCUT2D eigenvalue weighted by atomic mass is 9.93. The van der Waals surface area contributed by atoms with Gasteiger partial charge in [0.2, 0.25) is 5.95 Å². The molecule has 0 unspecified atom stereocenters. The summed E-state index contributed by atoms with van der Waals surface area (Å²) in [6, 6.07) is 7.31. The second kappa shape index (κ2) is 7.32. The van der Waals surface area contributed by atoms with E-state index in [0.29, 0.717) is 17.3 Å². The number of hydrogen-bond donors (Lipinski definition) is 2. The smallest absolute Gasteiger partial charge is 0.337 e.